The molecule has 7 nitrogen and oxygen atoms in total. The average Bonchev–Trinajstić information content (AvgIpc) is 3.11. The van der Waals surface area contributed by atoms with Crippen LogP contribution in [0.3, 0.4) is 0 Å². The summed E-state index contributed by atoms with van der Waals surface area (Å²) in [4.78, 5) is 39.9. The van der Waals surface area contributed by atoms with Gasteiger partial charge < -0.3 is 24.1 Å². The van der Waals surface area contributed by atoms with Crippen molar-refractivity contribution in [1.29, 1.82) is 0 Å². The Morgan fingerprint density at radius 1 is 0.771 bits per heavy atom. The molecule has 48 heavy (non-hydrogen) atoms. The quantitative estimate of drug-likeness (QED) is 0.0927. The van der Waals surface area contributed by atoms with Gasteiger partial charge in [-0.3, -0.25) is 4.79 Å². The van der Waals surface area contributed by atoms with Gasteiger partial charge in [0.2, 0.25) is 0 Å². The van der Waals surface area contributed by atoms with Crippen molar-refractivity contribution in [2.24, 2.45) is 0 Å². The van der Waals surface area contributed by atoms with Crippen molar-refractivity contribution < 1.29 is 33.7 Å². The largest absolute Gasteiger partial charge is 0.497 e. The van der Waals surface area contributed by atoms with E-state index in [4.69, 9.17) is 14.2 Å². The summed E-state index contributed by atoms with van der Waals surface area (Å²) < 4.78 is 16.7. The van der Waals surface area contributed by atoms with Crippen LogP contribution in [0.4, 0.5) is 0 Å². The van der Waals surface area contributed by atoms with Gasteiger partial charge in [-0.2, -0.15) is 0 Å². The van der Waals surface area contributed by atoms with Gasteiger partial charge in [0.15, 0.2) is 8.07 Å². The molecular weight excluding hydrogens is 621 g/mol. The maximum Gasteiger partial charge on any atom is 0.336 e. The minimum absolute atomic E-state index is 0.140. The molecule has 1 unspecified atom stereocenters. The lowest BCUT2D eigenvalue weighted by molar-refractivity contribution is -0.134. The molecule has 8 heteroatoms. The van der Waals surface area contributed by atoms with Crippen molar-refractivity contribution in [3.8, 4) is 28.4 Å². The number of esters is 1. The number of carbonyl (C=O) groups excluding carboxylic acids is 2. The molecule has 0 fully saturated rings. The summed E-state index contributed by atoms with van der Waals surface area (Å²) in [6.45, 7) is 5.86. The number of carbonyl (C=O) groups is 3. The number of aromatic carboxylic acids is 1. The predicted octanol–water partition coefficient (Wildman–Crippen LogP) is 7.90. The Balaban J connectivity index is 1.60. The van der Waals surface area contributed by atoms with E-state index in [1.165, 1.54) is 0 Å². The fourth-order valence-electron chi connectivity index (χ4n) is 6.52. The van der Waals surface area contributed by atoms with Crippen LogP contribution in [0.2, 0.25) is 13.1 Å². The van der Waals surface area contributed by atoms with Gasteiger partial charge in [0.05, 0.1) is 19.8 Å². The first kappa shape index (κ1) is 32.5. The first-order valence-electron chi connectivity index (χ1n) is 15.8. The van der Waals surface area contributed by atoms with Gasteiger partial charge in [-0.1, -0.05) is 79.8 Å². The summed E-state index contributed by atoms with van der Waals surface area (Å²) in [5.74, 6) is -0.595. The van der Waals surface area contributed by atoms with Crippen molar-refractivity contribution in [3.63, 3.8) is 0 Å². The van der Waals surface area contributed by atoms with Crippen molar-refractivity contribution in [3.05, 3.63) is 119 Å². The predicted molar refractivity (Wildman–Crippen MR) is 191 cm³/mol. The van der Waals surface area contributed by atoms with E-state index < -0.39 is 25.9 Å². The van der Waals surface area contributed by atoms with Crippen LogP contribution in [0, 0.1) is 0 Å². The highest BCUT2D eigenvalue weighted by Crippen LogP contribution is 2.47. The second kappa shape index (κ2) is 13.0. The smallest absolute Gasteiger partial charge is 0.336 e. The van der Waals surface area contributed by atoms with Gasteiger partial charge in [-0.05, 0) is 99.1 Å². The second-order valence-corrected chi connectivity index (χ2v) is 16.7. The number of benzene rings is 5. The zero-order valence-electron chi connectivity index (χ0n) is 27.5. The van der Waals surface area contributed by atoms with Crippen molar-refractivity contribution in [1.82, 2.24) is 0 Å². The number of hydrogen-bond donors (Lipinski definition) is 1. The van der Waals surface area contributed by atoms with E-state index in [0.29, 0.717) is 40.4 Å². The van der Waals surface area contributed by atoms with Crippen LogP contribution in [0.1, 0.15) is 46.3 Å². The van der Waals surface area contributed by atoms with Crippen molar-refractivity contribution >= 4 is 53.0 Å². The van der Waals surface area contributed by atoms with Crippen LogP contribution < -0.4 is 19.4 Å². The van der Waals surface area contributed by atoms with Crippen LogP contribution in [0.15, 0.2) is 97.1 Å². The fraction of sp³-hybridized carbons (Fsp3) is 0.175. The van der Waals surface area contributed by atoms with Crippen LogP contribution >= 0.6 is 0 Å². The van der Waals surface area contributed by atoms with Crippen molar-refractivity contribution in [2.45, 2.75) is 32.4 Å². The van der Waals surface area contributed by atoms with E-state index >= 15 is 0 Å². The van der Waals surface area contributed by atoms with Crippen LogP contribution in [0.5, 0.6) is 17.2 Å². The Morgan fingerprint density at radius 3 is 2.04 bits per heavy atom. The monoisotopic (exact) mass is 656 g/mol. The highest BCUT2D eigenvalue weighted by Gasteiger charge is 2.35. The molecule has 0 spiro atoms. The molecule has 0 heterocycles. The lowest BCUT2D eigenvalue weighted by Gasteiger charge is -2.28. The summed E-state index contributed by atoms with van der Waals surface area (Å²) in [5, 5.41) is 13.1. The number of hydrogen-bond acceptors (Lipinski definition) is 6. The summed E-state index contributed by atoms with van der Waals surface area (Å²) >= 11 is 0. The lowest BCUT2D eigenvalue weighted by Crippen LogP contribution is -2.49. The zero-order valence-corrected chi connectivity index (χ0v) is 28.5. The molecular formula is C40H36O7Si. The minimum Gasteiger partial charge on any atom is -0.497 e. The van der Waals surface area contributed by atoms with Gasteiger partial charge in [-0.25, -0.2) is 4.79 Å². The van der Waals surface area contributed by atoms with E-state index in [9.17, 15) is 19.5 Å². The third-order valence-corrected chi connectivity index (χ3v) is 12.8. The number of carboxylic acids is 1. The molecule has 0 amide bonds. The van der Waals surface area contributed by atoms with E-state index in [1.807, 2.05) is 86.8 Å². The minimum atomic E-state index is -2.56. The number of rotatable bonds is 10. The number of ether oxygens (including phenoxy) is 3. The van der Waals surface area contributed by atoms with E-state index in [0.717, 1.165) is 32.6 Å². The number of methoxy groups -OCH3 is 2. The Hall–Kier alpha value is -5.47. The van der Waals surface area contributed by atoms with E-state index in [1.54, 1.807) is 50.6 Å². The van der Waals surface area contributed by atoms with Gasteiger partial charge in [0.25, 0.3) is 0 Å². The summed E-state index contributed by atoms with van der Waals surface area (Å²) in [7, 11) is 0.615. The Labute approximate surface area is 280 Å². The molecule has 6 rings (SSSR count). The third-order valence-electron chi connectivity index (χ3n) is 9.26. The Kier molecular flexibility index (Phi) is 8.77. The molecule has 0 saturated carbocycles. The van der Waals surface area contributed by atoms with Gasteiger partial charge >= 0.3 is 11.9 Å². The zero-order chi connectivity index (χ0) is 34.2. The molecule has 5 aromatic carbocycles. The average molecular weight is 657 g/mol. The standard InChI is InChI=1S/C40H36O7Si/c1-6-36(41)48(4,5)29-19-21-31(39(42)43)34(22-29)30-20-12-25-8-7-9-32-37(25)35(30)23-33(24-10-13-26(45-2)14-11-24)38(32)40(44)47-28-17-15-27(46-3)16-18-28/h7-23,38H,6H2,1-5H3,(H,42,43). The van der Waals surface area contributed by atoms with Crippen LogP contribution in [-0.2, 0) is 9.59 Å². The van der Waals surface area contributed by atoms with Gasteiger partial charge in [0, 0.05) is 0 Å². The Morgan fingerprint density at radius 2 is 1.42 bits per heavy atom. The van der Waals surface area contributed by atoms with Gasteiger partial charge in [-0.15, -0.1) is 0 Å². The Bertz CT molecular complexity index is 2090. The molecule has 242 valence electrons. The van der Waals surface area contributed by atoms with E-state index in [2.05, 4.69) is 0 Å². The molecule has 0 saturated heterocycles. The summed E-state index contributed by atoms with van der Waals surface area (Å²) in [6, 6.07) is 29.3. The molecule has 0 aliphatic heterocycles. The second-order valence-electron chi connectivity index (χ2n) is 12.3. The maximum atomic E-state index is 14.2. The highest BCUT2D eigenvalue weighted by molar-refractivity contribution is 7.13. The summed E-state index contributed by atoms with van der Waals surface area (Å²) in [5.41, 5.74) is 4.41. The topological polar surface area (TPSA) is 99.1 Å². The summed E-state index contributed by atoms with van der Waals surface area (Å²) in [6.07, 6.45) is 2.40. The molecule has 0 bridgehead atoms. The first-order chi connectivity index (χ1) is 23.1. The molecule has 1 atom stereocenters. The highest BCUT2D eigenvalue weighted by atomic mass is 28.3. The molecule has 0 radical (unpaired) electrons. The molecule has 1 aliphatic carbocycles. The molecule has 1 aliphatic rings. The first-order valence-corrected chi connectivity index (χ1v) is 18.8. The number of carboxylic acid groups (broad SMARTS) is 1. The molecule has 1 N–H and O–H groups in total. The van der Waals surface area contributed by atoms with Crippen LogP contribution in [0.25, 0.3) is 33.5 Å². The maximum absolute atomic E-state index is 14.2. The SMILES string of the molecule is CCC(=O)[Si](C)(C)c1ccc(C(=O)O)c(-c2ccc3cccc4c3c2C=C(c2ccc(OC)cc2)C4C(=O)Oc2ccc(OC)cc2)c1. The van der Waals surface area contributed by atoms with E-state index in [-0.39, 0.29) is 11.0 Å². The lowest BCUT2D eigenvalue weighted by atomic mass is 9.76. The van der Waals surface area contributed by atoms with Crippen LogP contribution in [-0.4, -0.2) is 44.7 Å². The van der Waals surface area contributed by atoms with Gasteiger partial charge in [0.1, 0.15) is 28.6 Å². The molecule has 5 aromatic rings. The fourth-order valence-corrected chi connectivity index (χ4v) is 8.73. The normalized spacial score (nSPS) is 13.9. The van der Waals surface area contributed by atoms with Crippen molar-refractivity contribution in [2.75, 3.05) is 14.2 Å². The third kappa shape index (κ3) is 5.80. The molecule has 0 aromatic heterocycles.